The fraction of sp³-hybridized carbons (Fsp3) is 0.762. The molecule has 0 radical (unpaired) electrons. The van der Waals surface area contributed by atoms with Gasteiger partial charge in [0.05, 0.1) is 6.54 Å². The van der Waals surface area contributed by atoms with Gasteiger partial charge in [0.25, 0.3) is 0 Å². The first-order chi connectivity index (χ1) is 16.2. The zero-order valence-corrected chi connectivity index (χ0v) is 18.5. The smallest absolute Gasteiger partial charge is 0.329 e. The Hall–Kier alpha value is -2.70. The topological polar surface area (TPSA) is 107 Å². The van der Waals surface area contributed by atoms with Crippen LogP contribution in [0.15, 0.2) is 4.52 Å². The van der Waals surface area contributed by atoms with Gasteiger partial charge in [-0.2, -0.15) is 23.3 Å². The highest BCUT2D eigenvalue weighted by atomic mass is 19.4. The third-order valence-corrected chi connectivity index (χ3v) is 8.05. The van der Waals surface area contributed by atoms with E-state index < -0.39 is 12.1 Å². The minimum absolute atomic E-state index is 0.0351. The highest BCUT2D eigenvalue weighted by molar-refractivity contribution is 5.77. The van der Waals surface area contributed by atoms with Crippen molar-refractivity contribution in [2.45, 2.75) is 50.2 Å². The molecule has 3 aliphatic heterocycles. The van der Waals surface area contributed by atoms with Crippen molar-refractivity contribution in [3.05, 3.63) is 23.4 Å². The van der Waals surface area contributed by atoms with Crippen molar-refractivity contribution in [3.63, 3.8) is 0 Å². The van der Waals surface area contributed by atoms with Crippen molar-refractivity contribution in [3.8, 4) is 0 Å². The summed E-state index contributed by atoms with van der Waals surface area (Å²) in [5.74, 6) is 1.68. The number of amides is 2. The van der Waals surface area contributed by atoms with Gasteiger partial charge in [0, 0.05) is 61.9 Å². The van der Waals surface area contributed by atoms with Crippen LogP contribution in [0.1, 0.15) is 60.9 Å². The Labute approximate surface area is 192 Å². The molecule has 7 rings (SSSR count). The Balaban J connectivity index is 0.844. The van der Waals surface area contributed by atoms with Gasteiger partial charge in [-0.3, -0.25) is 10.00 Å². The maximum Gasteiger partial charge on any atom is 0.471 e. The van der Waals surface area contributed by atoms with E-state index in [0.29, 0.717) is 24.9 Å². The molecule has 13 heteroatoms. The highest BCUT2D eigenvalue weighted by Gasteiger charge is 2.58. The summed E-state index contributed by atoms with van der Waals surface area (Å²) in [6, 6.07) is 0.0973. The van der Waals surface area contributed by atoms with Crippen molar-refractivity contribution in [1.29, 1.82) is 0 Å². The Bertz CT molecular complexity index is 1110. The molecule has 1 N–H and O–H groups in total. The molecule has 10 nitrogen and oxygen atoms in total. The molecule has 2 saturated carbocycles. The molecule has 2 aromatic heterocycles. The van der Waals surface area contributed by atoms with E-state index in [2.05, 4.69) is 29.8 Å². The van der Waals surface area contributed by atoms with E-state index in [1.807, 2.05) is 14.7 Å². The predicted molar refractivity (Wildman–Crippen MR) is 108 cm³/mol. The largest absolute Gasteiger partial charge is 0.471 e. The maximum absolute atomic E-state index is 12.8. The van der Waals surface area contributed by atoms with Gasteiger partial charge >= 0.3 is 18.1 Å². The molecule has 5 fully saturated rings. The molecule has 2 amide bonds. The summed E-state index contributed by atoms with van der Waals surface area (Å²) in [7, 11) is 0. The van der Waals surface area contributed by atoms with Gasteiger partial charge in [0.15, 0.2) is 11.6 Å². The maximum atomic E-state index is 12.8. The third-order valence-electron chi connectivity index (χ3n) is 8.05. The monoisotopic (exact) mass is 478 g/mol. The van der Waals surface area contributed by atoms with Crippen LogP contribution in [0.3, 0.4) is 0 Å². The van der Waals surface area contributed by atoms with Gasteiger partial charge in [-0.15, -0.1) is 0 Å². The van der Waals surface area contributed by atoms with Gasteiger partial charge in [-0.05, 0) is 25.7 Å². The lowest BCUT2D eigenvalue weighted by Gasteiger charge is -2.63. The van der Waals surface area contributed by atoms with Gasteiger partial charge in [-0.25, -0.2) is 9.78 Å². The van der Waals surface area contributed by atoms with Gasteiger partial charge < -0.3 is 14.3 Å². The molecule has 2 aromatic rings. The van der Waals surface area contributed by atoms with Crippen LogP contribution in [0.4, 0.5) is 18.0 Å². The van der Waals surface area contributed by atoms with Crippen molar-refractivity contribution < 1.29 is 22.5 Å². The summed E-state index contributed by atoms with van der Waals surface area (Å²) in [5, 5.41) is 10.9. The zero-order valence-electron chi connectivity index (χ0n) is 18.5. The van der Waals surface area contributed by atoms with Crippen LogP contribution < -0.4 is 0 Å². The number of hydrogen-bond donors (Lipinski definition) is 1. The summed E-state index contributed by atoms with van der Waals surface area (Å²) in [6.07, 6.45) is -0.121. The molecular formula is C21H25F3N8O2. The van der Waals surface area contributed by atoms with E-state index in [1.165, 1.54) is 12.8 Å². The predicted octanol–water partition coefficient (Wildman–Crippen LogP) is 2.20. The lowest BCUT2D eigenvalue weighted by Crippen LogP contribution is -2.75. The molecule has 5 aliphatic rings. The number of aromatic amines is 1. The number of alkyl halides is 3. The van der Waals surface area contributed by atoms with E-state index in [-0.39, 0.29) is 29.2 Å². The number of aromatic nitrogens is 5. The molecule has 182 valence electrons. The van der Waals surface area contributed by atoms with Crippen molar-refractivity contribution in [1.82, 2.24) is 40.0 Å². The van der Waals surface area contributed by atoms with Crippen LogP contribution in [0.5, 0.6) is 0 Å². The first kappa shape index (κ1) is 20.7. The normalized spacial score (nSPS) is 25.7. The van der Waals surface area contributed by atoms with E-state index in [0.717, 1.165) is 50.7 Å². The Kier molecular flexibility index (Phi) is 4.07. The number of hydrogen-bond acceptors (Lipinski definition) is 7. The molecule has 2 spiro atoms. The van der Waals surface area contributed by atoms with Crippen LogP contribution in [-0.2, 0) is 12.7 Å². The number of carbonyl (C=O) groups excluding carboxylic acids is 1. The number of likely N-dealkylation sites (tertiary alicyclic amines) is 3. The average molecular weight is 478 g/mol. The first-order valence-electron chi connectivity index (χ1n) is 11.8. The average Bonchev–Trinajstić information content (AvgIpc) is 3.19. The highest BCUT2D eigenvalue weighted by Crippen LogP contribution is 2.56. The van der Waals surface area contributed by atoms with Gasteiger partial charge in [0.2, 0.25) is 0 Å². The molecule has 5 heterocycles. The van der Waals surface area contributed by atoms with Gasteiger partial charge in [0.1, 0.15) is 5.82 Å². The van der Waals surface area contributed by atoms with Crippen LogP contribution in [0.2, 0.25) is 0 Å². The van der Waals surface area contributed by atoms with Crippen LogP contribution >= 0.6 is 0 Å². The minimum Gasteiger partial charge on any atom is -0.329 e. The summed E-state index contributed by atoms with van der Waals surface area (Å²) in [5.41, 5.74) is 0.275. The lowest BCUT2D eigenvalue weighted by molar-refractivity contribution is -0.159. The van der Waals surface area contributed by atoms with E-state index >= 15 is 0 Å². The quantitative estimate of drug-likeness (QED) is 0.718. The second-order valence-corrected chi connectivity index (χ2v) is 11.1. The summed E-state index contributed by atoms with van der Waals surface area (Å²) in [4.78, 5) is 26.7. The second-order valence-electron chi connectivity index (χ2n) is 11.1. The van der Waals surface area contributed by atoms with Crippen LogP contribution in [-0.4, -0.2) is 85.3 Å². The molecule has 0 atom stereocenters. The molecule has 34 heavy (non-hydrogen) atoms. The van der Waals surface area contributed by atoms with E-state index in [9.17, 15) is 18.0 Å². The number of halogens is 3. The van der Waals surface area contributed by atoms with Crippen LogP contribution in [0.25, 0.3) is 0 Å². The van der Waals surface area contributed by atoms with Crippen molar-refractivity contribution in [2.24, 2.45) is 10.8 Å². The number of nitrogens with one attached hydrogen (secondary N) is 1. The Morgan fingerprint density at radius 1 is 1.00 bits per heavy atom. The first-order valence-corrected chi connectivity index (χ1v) is 11.8. The lowest BCUT2D eigenvalue weighted by atomic mass is 9.57. The summed E-state index contributed by atoms with van der Waals surface area (Å²) in [6.45, 7) is 4.65. The van der Waals surface area contributed by atoms with Gasteiger partial charge in [-0.1, -0.05) is 5.16 Å². The second kappa shape index (κ2) is 6.70. The molecule has 0 unspecified atom stereocenters. The van der Waals surface area contributed by atoms with Crippen molar-refractivity contribution >= 4 is 6.03 Å². The minimum atomic E-state index is -4.62. The number of urea groups is 1. The summed E-state index contributed by atoms with van der Waals surface area (Å²) < 4.78 is 42.0. The fourth-order valence-electron chi connectivity index (χ4n) is 6.28. The van der Waals surface area contributed by atoms with Crippen LogP contribution in [0, 0.1) is 10.8 Å². The Morgan fingerprint density at radius 2 is 1.68 bits per heavy atom. The number of carbonyl (C=O) groups is 1. The number of rotatable bonds is 4. The zero-order chi connectivity index (χ0) is 23.3. The van der Waals surface area contributed by atoms with E-state index in [4.69, 9.17) is 0 Å². The molecular weight excluding hydrogens is 453 g/mol. The SMILES string of the molecule is O=C(N1CC2(CC(c3n[nH]c(C4CC4)n3)C2)C1)N1CC2(CN(Cc3noc(C(F)(F)F)n3)C2)C1. The van der Waals surface area contributed by atoms with E-state index in [1.54, 1.807) is 0 Å². The Morgan fingerprint density at radius 3 is 2.29 bits per heavy atom. The third kappa shape index (κ3) is 3.30. The molecule has 0 aromatic carbocycles. The number of nitrogens with zero attached hydrogens (tertiary/aromatic N) is 7. The van der Waals surface area contributed by atoms with Crippen molar-refractivity contribution in [2.75, 3.05) is 39.3 Å². The summed E-state index contributed by atoms with van der Waals surface area (Å²) >= 11 is 0. The fourth-order valence-corrected chi connectivity index (χ4v) is 6.28. The molecule has 0 bridgehead atoms. The standard InChI is InChI=1S/C21H25F3N8O2/c22-21(23,24)17-25-14(29-34-17)5-30-6-20(7-30)10-32(11-20)18(33)31-8-19(9-31)3-13(4-19)16-26-15(27-28-16)12-1-2-12/h12-13H,1-11H2,(H,26,27,28). The number of H-pyrrole nitrogens is 1. The molecule has 2 aliphatic carbocycles. The molecule has 3 saturated heterocycles.